The molecular formula is C21H24N2O3. The first-order chi connectivity index (χ1) is 12.6. The van der Waals surface area contributed by atoms with Gasteiger partial charge in [0, 0.05) is 24.2 Å². The molecule has 0 aromatic heterocycles. The molecule has 0 bridgehead atoms. The molecule has 1 fully saturated rings. The van der Waals surface area contributed by atoms with Crippen LogP contribution in [0.3, 0.4) is 0 Å². The second-order valence-electron chi connectivity index (χ2n) is 6.44. The number of nitrogens with zero attached hydrogens (tertiary/aromatic N) is 1. The van der Waals surface area contributed by atoms with Gasteiger partial charge in [0.15, 0.2) is 0 Å². The third-order valence-corrected chi connectivity index (χ3v) is 4.56. The van der Waals surface area contributed by atoms with Gasteiger partial charge in [-0.2, -0.15) is 0 Å². The molecule has 0 atom stereocenters. The smallest absolute Gasteiger partial charge is 0.255 e. The lowest BCUT2D eigenvalue weighted by Crippen LogP contribution is -2.24. The van der Waals surface area contributed by atoms with Crippen molar-refractivity contribution in [3.8, 4) is 5.75 Å². The molecule has 3 rings (SSSR count). The lowest BCUT2D eigenvalue weighted by atomic mass is 10.1. The number of rotatable bonds is 6. The van der Waals surface area contributed by atoms with Gasteiger partial charge in [-0.05, 0) is 48.7 Å². The van der Waals surface area contributed by atoms with E-state index in [4.69, 9.17) is 4.74 Å². The lowest BCUT2D eigenvalue weighted by molar-refractivity contribution is -0.117. The van der Waals surface area contributed by atoms with E-state index in [9.17, 15) is 9.59 Å². The molecule has 1 aliphatic heterocycles. The van der Waals surface area contributed by atoms with Crippen molar-refractivity contribution < 1.29 is 14.3 Å². The molecule has 2 aromatic rings. The molecule has 2 amide bonds. The summed E-state index contributed by atoms with van der Waals surface area (Å²) in [5, 5.41) is 2.91. The summed E-state index contributed by atoms with van der Waals surface area (Å²) in [6, 6.07) is 13.0. The standard InChI is InChI=1S/C21H24N2O3/c1-3-5-15-7-9-16(10-8-15)21(25)22-17-11-12-19(26-2)18(14-17)23-13-4-6-20(23)24/h7-12,14H,3-6,13H2,1-2H3,(H,22,25). The van der Waals surface area contributed by atoms with Gasteiger partial charge in [-0.3, -0.25) is 9.59 Å². The van der Waals surface area contributed by atoms with Crippen LogP contribution in [0.25, 0.3) is 0 Å². The van der Waals surface area contributed by atoms with E-state index in [0.717, 1.165) is 19.3 Å². The molecule has 0 unspecified atom stereocenters. The Kier molecular flexibility index (Phi) is 5.56. The van der Waals surface area contributed by atoms with Crippen LogP contribution in [0, 0.1) is 0 Å². The van der Waals surface area contributed by atoms with Crippen LogP contribution < -0.4 is 15.0 Å². The second kappa shape index (κ2) is 8.04. The van der Waals surface area contributed by atoms with Crippen molar-refractivity contribution in [2.75, 3.05) is 23.9 Å². The van der Waals surface area contributed by atoms with Crippen molar-refractivity contribution >= 4 is 23.2 Å². The summed E-state index contributed by atoms with van der Waals surface area (Å²) in [6.45, 7) is 2.80. The van der Waals surface area contributed by atoms with Crippen LogP contribution in [0.2, 0.25) is 0 Å². The van der Waals surface area contributed by atoms with Gasteiger partial charge in [0.05, 0.1) is 12.8 Å². The number of benzene rings is 2. The van der Waals surface area contributed by atoms with E-state index in [1.807, 2.05) is 24.3 Å². The van der Waals surface area contributed by atoms with E-state index in [2.05, 4.69) is 12.2 Å². The van der Waals surface area contributed by atoms with Gasteiger partial charge < -0.3 is 15.0 Å². The van der Waals surface area contributed by atoms with Crippen LogP contribution in [-0.2, 0) is 11.2 Å². The average Bonchev–Trinajstić information content (AvgIpc) is 3.08. The van der Waals surface area contributed by atoms with Crippen LogP contribution >= 0.6 is 0 Å². The second-order valence-corrected chi connectivity index (χ2v) is 6.44. The third-order valence-electron chi connectivity index (χ3n) is 4.56. The molecule has 5 heteroatoms. The van der Waals surface area contributed by atoms with Crippen molar-refractivity contribution in [1.29, 1.82) is 0 Å². The number of methoxy groups -OCH3 is 1. The summed E-state index contributed by atoms with van der Waals surface area (Å²) >= 11 is 0. The molecule has 1 saturated heterocycles. The first kappa shape index (κ1) is 18.0. The number of carbonyl (C=O) groups excluding carboxylic acids is 2. The molecule has 1 heterocycles. The minimum absolute atomic E-state index is 0.0817. The molecule has 0 aliphatic carbocycles. The first-order valence-corrected chi connectivity index (χ1v) is 9.01. The van der Waals surface area contributed by atoms with Crippen LogP contribution in [-0.4, -0.2) is 25.5 Å². The number of ether oxygens (including phenoxy) is 1. The zero-order chi connectivity index (χ0) is 18.5. The lowest BCUT2D eigenvalue weighted by Gasteiger charge is -2.20. The predicted octanol–water partition coefficient (Wildman–Crippen LogP) is 4.03. The third kappa shape index (κ3) is 3.87. The fourth-order valence-electron chi connectivity index (χ4n) is 3.20. The highest BCUT2D eigenvalue weighted by Crippen LogP contribution is 2.34. The van der Waals surface area contributed by atoms with Crippen molar-refractivity contribution in [2.45, 2.75) is 32.6 Å². The number of carbonyl (C=O) groups is 2. The Labute approximate surface area is 154 Å². The van der Waals surface area contributed by atoms with Crippen molar-refractivity contribution in [2.24, 2.45) is 0 Å². The SMILES string of the molecule is CCCc1ccc(C(=O)Nc2ccc(OC)c(N3CCCC3=O)c2)cc1. The topological polar surface area (TPSA) is 58.6 Å². The van der Waals surface area contributed by atoms with Crippen LogP contribution in [0.4, 0.5) is 11.4 Å². The number of nitrogens with one attached hydrogen (secondary N) is 1. The zero-order valence-corrected chi connectivity index (χ0v) is 15.2. The summed E-state index contributed by atoms with van der Waals surface area (Å²) in [5.74, 6) is 0.539. The molecule has 0 radical (unpaired) electrons. The highest BCUT2D eigenvalue weighted by molar-refractivity contribution is 6.05. The van der Waals surface area contributed by atoms with Crippen LogP contribution in [0.1, 0.15) is 42.1 Å². The van der Waals surface area contributed by atoms with Gasteiger partial charge in [0.2, 0.25) is 5.91 Å². The molecular weight excluding hydrogens is 328 g/mol. The number of amides is 2. The monoisotopic (exact) mass is 352 g/mol. The molecule has 2 aromatic carbocycles. The van der Waals surface area contributed by atoms with Crippen LogP contribution in [0.15, 0.2) is 42.5 Å². The Morgan fingerprint density at radius 2 is 1.96 bits per heavy atom. The number of hydrogen-bond acceptors (Lipinski definition) is 3. The van der Waals surface area contributed by atoms with E-state index in [1.165, 1.54) is 5.56 Å². The van der Waals surface area contributed by atoms with Gasteiger partial charge in [0.25, 0.3) is 5.91 Å². The Morgan fingerprint density at radius 3 is 2.58 bits per heavy atom. The maximum absolute atomic E-state index is 12.5. The highest BCUT2D eigenvalue weighted by Gasteiger charge is 2.25. The summed E-state index contributed by atoms with van der Waals surface area (Å²) in [5.41, 5.74) is 3.18. The number of hydrogen-bond donors (Lipinski definition) is 1. The zero-order valence-electron chi connectivity index (χ0n) is 15.2. The maximum Gasteiger partial charge on any atom is 0.255 e. The first-order valence-electron chi connectivity index (χ1n) is 9.01. The fraction of sp³-hybridized carbons (Fsp3) is 0.333. The van der Waals surface area contributed by atoms with Gasteiger partial charge >= 0.3 is 0 Å². The minimum atomic E-state index is -0.170. The Balaban J connectivity index is 1.78. The summed E-state index contributed by atoms with van der Waals surface area (Å²) in [4.78, 5) is 26.3. The quantitative estimate of drug-likeness (QED) is 0.854. The normalized spacial score (nSPS) is 13.8. The summed E-state index contributed by atoms with van der Waals surface area (Å²) in [7, 11) is 1.58. The molecule has 5 nitrogen and oxygen atoms in total. The minimum Gasteiger partial charge on any atom is -0.495 e. The molecule has 0 saturated carbocycles. The average molecular weight is 352 g/mol. The van der Waals surface area contributed by atoms with Crippen molar-refractivity contribution in [3.05, 3.63) is 53.6 Å². The largest absolute Gasteiger partial charge is 0.495 e. The van der Waals surface area contributed by atoms with Crippen molar-refractivity contribution in [3.63, 3.8) is 0 Å². The molecule has 1 N–H and O–H groups in total. The van der Waals surface area contributed by atoms with Gasteiger partial charge in [-0.15, -0.1) is 0 Å². The Hall–Kier alpha value is -2.82. The van der Waals surface area contributed by atoms with Gasteiger partial charge in [-0.1, -0.05) is 25.5 Å². The van der Waals surface area contributed by atoms with Crippen LogP contribution in [0.5, 0.6) is 5.75 Å². The number of aryl methyl sites for hydroxylation is 1. The summed E-state index contributed by atoms with van der Waals surface area (Å²) < 4.78 is 5.38. The molecule has 26 heavy (non-hydrogen) atoms. The van der Waals surface area contributed by atoms with E-state index < -0.39 is 0 Å². The molecule has 136 valence electrons. The predicted molar refractivity (Wildman–Crippen MR) is 103 cm³/mol. The molecule has 1 aliphatic rings. The highest BCUT2D eigenvalue weighted by atomic mass is 16.5. The maximum atomic E-state index is 12.5. The van der Waals surface area contributed by atoms with Crippen molar-refractivity contribution in [1.82, 2.24) is 0 Å². The van der Waals surface area contributed by atoms with Gasteiger partial charge in [-0.25, -0.2) is 0 Å². The Bertz CT molecular complexity index is 799. The fourth-order valence-corrected chi connectivity index (χ4v) is 3.20. The van der Waals surface area contributed by atoms with E-state index >= 15 is 0 Å². The van der Waals surface area contributed by atoms with E-state index in [1.54, 1.807) is 30.2 Å². The van der Waals surface area contributed by atoms with E-state index in [0.29, 0.717) is 35.7 Å². The number of anilines is 2. The van der Waals surface area contributed by atoms with Gasteiger partial charge in [0.1, 0.15) is 5.75 Å². The van der Waals surface area contributed by atoms with E-state index in [-0.39, 0.29) is 11.8 Å². The summed E-state index contributed by atoms with van der Waals surface area (Å²) in [6.07, 6.45) is 3.47. The Morgan fingerprint density at radius 1 is 1.19 bits per heavy atom. The molecule has 0 spiro atoms.